The van der Waals surface area contributed by atoms with E-state index >= 15 is 0 Å². The highest BCUT2D eigenvalue weighted by atomic mass is 79.9. The molecular formula is C10H11Br2ClO2Si. The van der Waals surface area contributed by atoms with Crippen LogP contribution in [0.3, 0.4) is 0 Å². The summed E-state index contributed by atoms with van der Waals surface area (Å²) in [6.07, 6.45) is 0.765. The van der Waals surface area contributed by atoms with Crippen molar-refractivity contribution in [2.24, 2.45) is 0 Å². The van der Waals surface area contributed by atoms with E-state index in [9.17, 15) is 4.79 Å². The minimum atomic E-state index is -1.78. The zero-order chi connectivity index (χ0) is 12.5. The lowest BCUT2D eigenvalue weighted by atomic mass is 10.2. The van der Waals surface area contributed by atoms with E-state index in [1.54, 1.807) is 6.07 Å². The standard InChI is InChI=1S/C10H11Br2ClO2Si/c1-16(2,3)15-10-6(5-14)4-7(11)9(13)8(10)12/h4-5H,1-3H3. The topological polar surface area (TPSA) is 26.3 Å². The summed E-state index contributed by atoms with van der Waals surface area (Å²) in [5.74, 6) is 0.530. The van der Waals surface area contributed by atoms with Crippen LogP contribution in [-0.2, 0) is 0 Å². The summed E-state index contributed by atoms with van der Waals surface area (Å²) < 4.78 is 7.14. The lowest BCUT2D eigenvalue weighted by Crippen LogP contribution is -2.30. The lowest BCUT2D eigenvalue weighted by molar-refractivity contribution is 0.112. The van der Waals surface area contributed by atoms with Crippen molar-refractivity contribution >= 4 is 58.1 Å². The molecule has 6 heteroatoms. The molecule has 0 amide bonds. The van der Waals surface area contributed by atoms with Gasteiger partial charge in [0.15, 0.2) is 6.29 Å². The van der Waals surface area contributed by atoms with Gasteiger partial charge < -0.3 is 4.43 Å². The van der Waals surface area contributed by atoms with Gasteiger partial charge in [-0.25, -0.2) is 0 Å². The van der Waals surface area contributed by atoms with Crippen molar-refractivity contribution in [3.8, 4) is 5.75 Å². The fourth-order valence-electron chi connectivity index (χ4n) is 1.09. The van der Waals surface area contributed by atoms with Crippen LogP contribution in [0.1, 0.15) is 10.4 Å². The first-order chi connectivity index (χ1) is 7.26. The Morgan fingerprint density at radius 2 is 1.94 bits per heavy atom. The van der Waals surface area contributed by atoms with E-state index in [1.807, 2.05) is 19.6 Å². The summed E-state index contributed by atoms with van der Waals surface area (Å²) in [5, 5.41) is 0.513. The summed E-state index contributed by atoms with van der Waals surface area (Å²) in [5.41, 5.74) is 0.491. The molecule has 0 saturated carbocycles. The lowest BCUT2D eigenvalue weighted by Gasteiger charge is -2.22. The second kappa shape index (κ2) is 5.21. The smallest absolute Gasteiger partial charge is 0.242 e. The van der Waals surface area contributed by atoms with Gasteiger partial charge in [0.25, 0.3) is 0 Å². The van der Waals surface area contributed by atoms with E-state index in [-0.39, 0.29) is 0 Å². The Labute approximate surface area is 118 Å². The summed E-state index contributed by atoms with van der Waals surface area (Å²) >= 11 is 12.7. The van der Waals surface area contributed by atoms with Crippen LogP contribution in [0.5, 0.6) is 5.75 Å². The maximum Gasteiger partial charge on any atom is 0.242 e. The minimum Gasteiger partial charge on any atom is -0.543 e. The van der Waals surface area contributed by atoms with Gasteiger partial charge in [-0.15, -0.1) is 0 Å². The van der Waals surface area contributed by atoms with Crippen molar-refractivity contribution in [2.45, 2.75) is 19.6 Å². The SMILES string of the molecule is C[Si](C)(C)Oc1c(C=O)cc(Br)c(Cl)c1Br. The van der Waals surface area contributed by atoms with E-state index in [1.165, 1.54) is 0 Å². The molecule has 16 heavy (non-hydrogen) atoms. The second-order valence-corrected chi connectivity index (χ2v) is 10.7. The number of rotatable bonds is 3. The van der Waals surface area contributed by atoms with Gasteiger partial charge in [0.05, 0.1) is 15.1 Å². The molecule has 88 valence electrons. The van der Waals surface area contributed by atoms with Gasteiger partial charge in [0, 0.05) is 4.47 Å². The molecule has 0 spiro atoms. The summed E-state index contributed by atoms with van der Waals surface area (Å²) in [6.45, 7) is 6.14. The molecule has 0 aliphatic heterocycles. The molecule has 0 aliphatic carbocycles. The molecule has 0 aromatic heterocycles. The van der Waals surface area contributed by atoms with Crippen LogP contribution in [0.2, 0.25) is 24.7 Å². The maximum absolute atomic E-state index is 11.0. The number of benzene rings is 1. The zero-order valence-corrected chi connectivity index (χ0v) is 14.0. The third kappa shape index (κ3) is 3.32. The van der Waals surface area contributed by atoms with Gasteiger partial charge in [-0.1, -0.05) is 11.6 Å². The van der Waals surface area contributed by atoms with Gasteiger partial charge in [0.1, 0.15) is 5.75 Å². The molecule has 1 rings (SSSR count). The third-order valence-electron chi connectivity index (χ3n) is 1.68. The highest BCUT2D eigenvalue weighted by Crippen LogP contribution is 2.40. The van der Waals surface area contributed by atoms with Crippen molar-refractivity contribution in [3.63, 3.8) is 0 Å². The van der Waals surface area contributed by atoms with Crippen LogP contribution in [0.4, 0.5) is 0 Å². The largest absolute Gasteiger partial charge is 0.543 e. The van der Waals surface area contributed by atoms with Crippen LogP contribution < -0.4 is 4.43 Å². The van der Waals surface area contributed by atoms with Gasteiger partial charge in [-0.3, -0.25) is 4.79 Å². The normalized spacial score (nSPS) is 11.4. The highest BCUT2D eigenvalue weighted by Gasteiger charge is 2.22. The van der Waals surface area contributed by atoms with Crippen LogP contribution in [0, 0.1) is 0 Å². The Balaban J connectivity index is 3.36. The van der Waals surface area contributed by atoms with Gasteiger partial charge in [-0.2, -0.15) is 0 Å². The number of hydrogen-bond donors (Lipinski definition) is 0. The summed E-state index contributed by atoms with van der Waals surface area (Å²) in [6, 6.07) is 1.66. The molecule has 0 heterocycles. The number of hydrogen-bond acceptors (Lipinski definition) is 2. The molecule has 0 aliphatic rings. The van der Waals surface area contributed by atoms with Gasteiger partial charge in [0.2, 0.25) is 8.32 Å². The molecule has 0 bridgehead atoms. The van der Waals surface area contributed by atoms with Crippen molar-refractivity contribution in [1.29, 1.82) is 0 Å². The highest BCUT2D eigenvalue weighted by molar-refractivity contribution is 9.11. The summed E-state index contributed by atoms with van der Waals surface area (Å²) in [4.78, 5) is 11.0. The molecule has 0 atom stereocenters. The van der Waals surface area contributed by atoms with Crippen molar-refractivity contribution < 1.29 is 9.22 Å². The van der Waals surface area contributed by atoms with Crippen LogP contribution in [0.15, 0.2) is 15.0 Å². The van der Waals surface area contributed by atoms with Crippen LogP contribution in [0.25, 0.3) is 0 Å². The van der Waals surface area contributed by atoms with Gasteiger partial charge in [-0.05, 0) is 57.6 Å². The van der Waals surface area contributed by atoms with Crippen molar-refractivity contribution in [1.82, 2.24) is 0 Å². The second-order valence-electron chi connectivity index (χ2n) is 4.24. The van der Waals surface area contributed by atoms with E-state index in [0.29, 0.717) is 25.3 Å². The first-order valence-electron chi connectivity index (χ1n) is 4.58. The predicted octanol–water partition coefficient (Wildman–Crippen LogP) is 4.89. The van der Waals surface area contributed by atoms with E-state index in [4.69, 9.17) is 16.0 Å². The predicted molar refractivity (Wildman–Crippen MR) is 76.2 cm³/mol. The quantitative estimate of drug-likeness (QED) is 0.420. The molecular weight excluding hydrogens is 375 g/mol. The van der Waals surface area contributed by atoms with Crippen LogP contribution in [-0.4, -0.2) is 14.6 Å². The molecule has 0 saturated heterocycles. The number of carbonyl (C=O) groups excluding carboxylic acids is 1. The monoisotopic (exact) mass is 384 g/mol. The van der Waals surface area contributed by atoms with Crippen molar-refractivity contribution in [3.05, 3.63) is 25.6 Å². The molecule has 1 aromatic rings. The fourth-order valence-corrected chi connectivity index (χ4v) is 3.45. The Bertz CT molecular complexity index is 430. The number of aldehydes is 1. The molecule has 0 radical (unpaired) electrons. The Hall–Kier alpha value is 0.157. The number of carbonyl (C=O) groups is 1. The fraction of sp³-hybridized carbons (Fsp3) is 0.300. The van der Waals surface area contributed by atoms with E-state index in [0.717, 1.165) is 6.29 Å². The average molecular weight is 387 g/mol. The Morgan fingerprint density at radius 1 is 1.38 bits per heavy atom. The first-order valence-corrected chi connectivity index (χ1v) is 9.95. The Morgan fingerprint density at radius 3 is 2.38 bits per heavy atom. The minimum absolute atomic E-state index is 0.491. The van der Waals surface area contributed by atoms with Crippen LogP contribution >= 0.6 is 43.5 Å². The molecule has 0 N–H and O–H groups in total. The molecule has 0 fully saturated rings. The maximum atomic E-state index is 11.0. The van der Waals surface area contributed by atoms with Gasteiger partial charge >= 0.3 is 0 Å². The molecule has 0 unspecified atom stereocenters. The first kappa shape index (κ1) is 14.2. The van der Waals surface area contributed by atoms with E-state index < -0.39 is 8.32 Å². The Kier molecular flexibility index (Phi) is 4.63. The molecule has 2 nitrogen and oxygen atoms in total. The molecule has 1 aromatic carbocycles. The van der Waals surface area contributed by atoms with E-state index in [2.05, 4.69) is 31.9 Å². The van der Waals surface area contributed by atoms with Crippen molar-refractivity contribution in [2.75, 3.05) is 0 Å². The summed E-state index contributed by atoms with van der Waals surface area (Å²) in [7, 11) is -1.78. The average Bonchev–Trinajstić information content (AvgIpc) is 2.17. The third-order valence-corrected chi connectivity index (χ3v) is 4.73. The number of halogens is 3. The zero-order valence-electron chi connectivity index (χ0n) is 9.11.